The van der Waals surface area contributed by atoms with Crippen molar-refractivity contribution in [2.45, 2.75) is 6.42 Å². The van der Waals surface area contributed by atoms with Crippen LogP contribution in [-0.4, -0.2) is 47.0 Å². The number of fused-ring (bicyclic) bond motifs is 1. The molecule has 1 saturated heterocycles. The minimum atomic E-state index is 0.275. The summed E-state index contributed by atoms with van der Waals surface area (Å²) >= 11 is 0. The van der Waals surface area contributed by atoms with E-state index < -0.39 is 0 Å². The van der Waals surface area contributed by atoms with Gasteiger partial charge in [0.2, 0.25) is 5.95 Å². The van der Waals surface area contributed by atoms with Gasteiger partial charge in [0.25, 0.3) is 0 Å². The fourth-order valence-corrected chi connectivity index (χ4v) is 2.47. The van der Waals surface area contributed by atoms with E-state index >= 15 is 0 Å². The van der Waals surface area contributed by atoms with Gasteiger partial charge in [-0.15, -0.1) is 0 Å². The van der Waals surface area contributed by atoms with E-state index in [1.807, 2.05) is 0 Å². The van der Waals surface area contributed by atoms with E-state index in [1.54, 1.807) is 13.3 Å². The number of aromatic nitrogens is 4. The Bertz CT molecular complexity index is 553. The Morgan fingerprint density at radius 2 is 2.44 bits per heavy atom. The molecule has 1 aliphatic heterocycles. The zero-order valence-electron chi connectivity index (χ0n) is 10.3. The fourth-order valence-electron chi connectivity index (χ4n) is 2.47. The molecule has 0 unspecified atom stereocenters. The number of aromatic amines is 1. The van der Waals surface area contributed by atoms with E-state index in [0.717, 1.165) is 37.3 Å². The lowest BCUT2D eigenvalue weighted by atomic mass is 10.1. The standard InChI is InChI=1S/C11H16N6O/c1-18-6-7-2-3-17(5-7)10-8-4-13-16-9(8)14-11(12)15-10/h4,7H,2-3,5-6H2,1H3,(H3,12,13,14,15,16)/t7-/m1/s1. The Kier molecular flexibility index (Phi) is 2.75. The van der Waals surface area contributed by atoms with Crippen LogP contribution < -0.4 is 10.6 Å². The number of methoxy groups -OCH3 is 1. The fraction of sp³-hybridized carbons (Fsp3) is 0.545. The second-order valence-corrected chi connectivity index (χ2v) is 4.59. The second-order valence-electron chi connectivity index (χ2n) is 4.59. The third-order valence-electron chi connectivity index (χ3n) is 3.29. The summed E-state index contributed by atoms with van der Waals surface area (Å²) in [6.07, 6.45) is 2.85. The highest BCUT2D eigenvalue weighted by atomic mass is 16.5. The zero-order chi connectivity index (χ0) is 12.5. The Morgan fingerprint density at radius 1 is 1.56 bits per heavy atom. The molecule has 0 aliphatic carbocycles. The van der Waals surface area contributed by atoms with Gasteiger partial charge in [-0.25, -0.2) is 0 Å². The van der Waals surface area contributed by atoms with Crippen molar-refractivity contribution in [3.8, 4) is 0 Å². The van der Waals surface area contributed by atoms with E-state index in [0.29, 0.717) is 11.6 Å². The molecule has 0 amide bonds. The highest BCUT2D eigenvalue weighted by Gasteiger charge is 2.25. The van der Waals surface area contributed by atoms with Crippen LogP contribution in [0.25, 0.3) is 11.0 Å². The van der Waals surface area contributed by atoms with Crippen LogP contribution in [0.4, 0.5) is 11.8 Å². The van der Waals surface area contributed by atoms with Gasteiger partial charge < -0.3 is 15.4 Å². The van der Waals surface area contributed by atoms with Crippen molar-refractivity contribution in [3.63, 3.8) is 0 Å². The van der Waals surface area contributed by atoms with Crippen LogP contribution in [-0.2, 0) is 4.74 Å². The summed E-state index contributed by atoms with van der Waals surface area (Å²) in [5.41, 5.74) is 6.41. The van der Waals surface area contributed by atoms with Crippen LogP contribution in [0.5, 0.6) is 0 Å². The topological polar surface area (TPSA) is 93.0 Å². The second kappa shape index (κ2) is 4.41. The minimum Gasteiger partial charge on any atom is -0.384 e. The first-order chi connectivity index (χ1) is 8.78. The van der Waals surface area contributed by atoms with Crippen molar-refractivity contribution in [2.75, 3.05) is 37.4 Å². The number of anilines is 2. The van der Waals surface area contributed by atoms with Crippen molar-refractivity contribution in [1.29, 1.82) is 0 Å². The third kappa shape index (κ3) is 1.86. The van der Waals surface area contributed by atoms with Gasteiger partial charge >= 0.3 is 0 Å². The number of H-pyrrole nitrogens is 1. The van der Waals surface area contributed by atoms with Crippen molar-refractivity contribution >= 4 is 22.8 Å². The zero-order valence-corrected chi connectivity index (χ0v) is 10.3. The molecule has 0 aromatic carbocycles. The summed E-state index contributed by atoms with van der Waals surface area (Å²) in [6, 6.07) is 0. The monoisotopic (exact) mass is 248 g/mol. The molecule has 7 nitrogen and oxygen atoms in total. The molecule has 2 aromatic heterocycles. The average Bonchev–Trinajstić information content (AvgIpc) is 2.96. The van der Waals surface area contributed by atoms with Gasteiger partial charge in [0.1, 0.15) is 5.82 Å². The molecule has 3 rings (SSSR count). The van der Waals surface area contributed by atoms with Gasteiger partial charge in [-0.1, -0.05) is 0 Å². The molecule has 0 bridgehead atoms. The number of ether oxygens (including phenoxy) is 1. The molecule has 18 heavy (non-hydrogen) atoms. The third-order valence-corrected chi connectivity index (χ3v) is 3.29. The number of nitrogen functional groups attached to an aromatic ring is 1. The van der Waals surface area contributed by atoms with Crippen molar-refractivity contribution in [1.82, 2.24) is 20.2 Å². The maximum atomic E-state index is 5.72. The van der Waals surface area contributed by atoms with E-state index in [1.165, 1.54) is 0 Å². The number of nitrogens with two attached hydrogens (primary N) is 1. The van der Waals surface area contributed by atoms with Crippen LogP contribution in [0.15, 0.2) is 6.20 Å². The van der Waals surface area contributed by atoms with Gasteiger partial charge in [0, 0.05) is 26.1 Å². The first-order valence-electron chi connectivity index (χ1n) is 5.98. The van der Waals surface area contributed by atoms with Crippen molar-refractivity contribution in [2.24, 2.45) is 5.92 Å². The van der Waals surface area contributed by atoms with Gasteiger partial charge in [-0.3, -0.25) is 5.10 Å². The smallest absolute Gasteiger partial charge is 0.224 e. The maximum Gasteiger partial charge on any atom is 0.224 e. The molecule has 96 valence electrons. The van der Waals surface area contributed by atoms with Crippen LogP contribution in [0.1, 0.15) is 6.42 Å². The SMILES string of the molecule is COC[C@@H]1CCN(c2nc(N)nc3[nH]ncc23)C1. The van der Waals surface area contributed by atoms with Gasteiger partial charge in [-0.05, 0) is 6.42 Å². The maximum absolute atomic E-state index is 5.72. The Labute approximate surface area is 104 Å². The van der Waals surface area contributed by atoms with Gasteiger partial charge in [-0.2, -0.15) is 15.1 Å². The normalized spacial score (nSPS) is 19.8. The molecule has 2 aromatic rings. The van der Waals surface area contributed by atoms with Crippen molar-refractivity contribution < 1.29 is 4.74 Å². The van der Waals surface area contributed by atoms with E-state index in [4.69, 9.17) is 10.5 Å². The first kappa shape index (κ1) is 11.2. The predicted molar refractivity (Wildman–Crippen MR) is 68.3 cm³/mol. The lowest BCUT2D eigenvalue weighted by molar-refractivity contribution is 0.161. The largest absolute Gasteiger partial charge is 0.384 e. The van der Waals surface area contributed by atoms with Crippen LogP contribution in [0, 0.1) is 5.92 Å². The molecule has 0 spiro atoms. The minimum absolute atomic E-state index is 0.275. The van der Waals surface area contributed by atoms with Crippen LogP contribution in [0.2, 0.25) is 0 Å². The molecule has 0 radical (unpaired) electrons. The number of hydrogen-bond acceptors (Lipinski definition) is 6. The first-order valence-corrected chi connectivity index (χ1v) is 5.98. The highest BCUT2D eigenvalue weighted by Crippen LogP contribution is 2.28. The lowest BCUT2D eigenvalue weighted by Gasteiger charge is -2.18. The molecule has 7 heteroatoms. The number of nitrogens with zero attached hydrogens (tertiary/aromatic N) is 4. The van der Waals surface area contributed by atoms with Crippen LogP contribution in [0.3, 0.4) is 0 Å². The molecule has 1 aliphatic rings. The van der Waals surface area contributed by atoms with E-state index in [2.05, 4.69) is 25.1 Å². The molecule has 3 N–H and O–H groups in total. The number of hydrogen-bond donors (Lipinski definition) is 2. The number of nitrogens with one attached hydrogen (secondary N) is 1. The van der Waals surface area contributed by atoms with Gasteiger partial charge in [0.05, 0.1) is 18.2 Å². The van der Waals surface area contributed by atoms with E-state index in [9.17, 15) is 0 Å². The predicted octanol–water partition coefficient (Wildman–Crippen LogP) is 0.408. The summed E-state index contributed by atoms with van der Waals surface area (Å²) in [7, 11) is 1.74. The van der Waals surface area contributed by atoms with E-state index in [-0.39, 0.29) is 5.95 Å². The van der Waals surface area contributed by atoms with Crippen LogP contribution >= 0.6 is 0 Å². The Morgan fingerprint density at radius 3 is 3.28 bits per heavy atom. The molecular formula is C11H16N6O. The quantitative estimate of drug-likeness (QED) is 0.817. The highest BCUT2D eigenvalue weighted by molar-refractivity contribution is 5.87. The Hall–Kier alpha value is -1.89. The molecule has 1 fully saturated rings. The summed E-state index contributed by atoms with van der Waals surface area (Å²) in [5, 5.41) is 7.74. The average molecular weight is 248 g/mol. The number of rotatable bonds is 3. The Balaban J connectivity index is 1.92. The molecule has 0 saturated carbocycles. The van der Waals surface area contributed by atoms with Gasteiger partial charge in [0.15, 0.2) is 5.65 Å². The molecular weight excluding hydrogens is 232 g/mol. The molecule has 1 atom stereocenters. The summed E-state index contributed by atoms with van der Waals surface area (Å²) < 4.78 is 5.20. The summed E-state index contributed by atoms with van der Waals surface area (Å²) in [4.78, 5) is 10.7. The van der Waals surface area contributed by atoms with Crippen molar-refractivity contribution in [3.05, 3.63) is 6.20 Å². The lowest BCUT2D eigenvalue weighted by Crippen LogP contribution is -2.22. The summed E-state index contributed by atoms with van der Waals surface area (Å²) in [6.45, 7) is 2.68. The summed E-state index contributed by atoms with van der Waals surface area (Å²) in [5.74, 6) is 1.69. The molecule has 3 heterocycles.